The van der Waals surface area contributed by atoms with Crippen molar-refractivity contribution in [1.82, 2.24) is 0 Å². The van der Waals surface area contributed by atoms with Gasteiger partial charge in [0.15, 0.2) is 0 Å². The van der Waals surface area contributed by atoms with Crippen LogP contribution in [0, 0.1) is 22.5 Å². The van der Waals surface area contributed by atoms with Crippen LogP contribution in [0.3, 0.4) is 0 Å². The van der Waals surface area contributed by atoms with Gasteiger partial charge in [-0.25, -0.2) is 0 Å². The predicted molar refractivity (Wildman–Crippen MR) is 136 cm³/mol. The summed E-state index contributed by atoms with van der Waals surface area (Å²) in [6.45, 7) is 7.17. The number of aliphatic imine (C=N–C) groups is 1. The summed E-state index contributed by atoms with van der Waals surface area (Å²) in [6, 6.07) is 23.6. The Hall–Kier alpha value is -3.53. The topological polar surface area (TPSA) is 64.7 Å². The molecule has 0 amide bonds. The van der Waals surface area contributed by atoms with E-state index < -0.39 is 14.0 Å². The Balaban J connectivity index is 1.91. The third-order valence-corrected chi connectivity index (χ3v) is 7.40. The van der Waals surface area contributed by atoms with Crippen molar-refractivity contribution >= 4 is 31.3 Å². The van der Waals surface area contributed by atoms with Crippen LogP contribution in [-0.4, -0.2) is 20.2 Å². The molecule has 0 N–H and O–H groups in total. The Morgan fingerprint density at radius 3 is 2.30 bits per heavy atom. The van der Waals surface area contributed by atoms with Crippen LogP contribution < -0.4 is 10.4 Å². The van der Waals surface area contributed by atoms with Crippen LogP contribution in [0.2, 0.25) is 0 Å². The van der Waals surface area contributed by atoms with Gasteiger partial charge in [-0.15, -0.1) is 6.42 Å². The molecule has 6 heteroatoms. The minimum Gasteiger partial charge on any atom is -0.403 e. The SMILES string of the molecule is C#CC=NCc1cc([N+](=O)[O-])ccc1CO[Si](c1ccccc1)c1ccc(C(C)(C)C)cc1. The molecular formula is C27H27N2O3Si. The van der Waals surface area contributed by atoms with Gasteiger partial charge in [0.25, 0.3) is 14.7 Å². The maximum atomic E-state index is 11.2. The Morgan fingerprint density at radius 1 is 1.03 bits per heavy atom. The molecule has 0 saturated heterocycles. The molecular weight excluding hydrogens is 428 g/mol. The van der Waals surface area contributed by atoms with Crippen molar-refractivity contribution in [2.75, 3.05) is 0 Å². The van der Waals surface area contributed by atoms with Crippen LogP contribution in [-0.2, 0) is 23.0 Å². The summed E-state index contributed by atoms with van der Waals surface area (Å²) in [4.78, 5) is 15.0. The summed E-state index contributed by atoms with van der Waals surface area (Å²) < 4.78 is 6.51. The van der Waals surface area contributed by atoms with Gasteiger partial charge in [-0.3, -0.25) is 15.1 Å². The largest absolute Gasteiger partial charge is 0.403 e. The number of benzene rings is 3. The first-order chi connectivity index (χ1) is 15.8. The zero-order chi connectivity index (χ0) is 23.8. The first-order valence-electron chi connectivity index (χ1n) is 10.7. The van der Waals surface area contributed by atoms with Gasteiger partial charge >= 0.3 is 0 Å². The molecule has 0 aromatic heterocycles. The van der Waals surface area contributed by atoms with Crippen molar-refractivity contribution in [3.63, 3.8) is 0 Å². The van der Waals surface area contributed by atoms with E-state index in [0.29, 0.717) is 6.61 Å². The van der Waals surface area contributed by atoms with Gasteiger partial charge in [0.05, 0.1) is 24.3 Å². The van der Waals surface area contributed by atoms with E-state index in [1.807, 2.05) is 18.2 Å². The highest BCUT2D eigenvalue weighted by molar-refractivity contribution is 6.80. The van der Waals surface area contributed by atoms with Crippen LogP contribution in [0.4, 0.5) is 5.69 Å². The Bertz CT molecular complexity index is 1160. The number of non-ortho nitro benzene ring substituents is 1. The highest BCUT2D eigenvalue weighted by Gasteiger charge is 2.22. The van der Waals surface area contributed by atoms with E-state index in [4.69, 9.17) is 10.8 Å². The molecule has 0 bridgehead atoms. The average Bonchev–Trinajstić information content (AvgIpc) is 2.80. The molecule has 3 aromatic carbocycles. The number of nitro groups is 1. The van der Waals surface area contributed by atoms with Gasteiger partial charge in [0.2, 0.25) is 0 Å². The number of hydrogen-bond donors (Lipinski definition) is 0. The molecule has 3 rings (SSSR count). The van der Waals surface area contributed by atoms with Crippen molar-refractivity contribution in [2.24, 2.45) is 4.99 Å². The van der Waals surface area contributed by atoms with Crippen molar-refractivity contribution in [1.29, 1.82) is 0 Å². The summed E-state index contributed by atoms with van der Waals surface area (Å²) in [5.41, 5.74) is 2.96. The van der Waals surface area contributed by atoms with Gasteiger partial charge in [0, 0.05) is 12.1 Å². The van der Waals surface area contributed by atoms with E-state index in [1.165, 1.54) is 17.8 Å². The van der Waals surface area contributed by atoms with Gasteiger partial charge in [0.1, 0.15) is 0 Å². The lowest BCUT2D eigenvalue weighted by atomic mass is 9.87. The van der Waals surface area contributed by atoms with Crippen molar-refractivity contribution in [2.45, 2.75) is 39.3 Å². The molecule has 1 radical (unpaired) electrons. The lowest BCUT2D eigenvalue weighted by Gasteiger charge is -2.21. The highest BCUT2D eigenvalue weighted by Crippen LogP contribution is 2.22. The van der Waals surface area contributed by atoms with Crippen molar-refractivity contribution in [3.05, 3.63) is 99.6 Å². The van der Waals surface area contributed by atoms with Crippen molar-refractivity contribution < 1.29 is 9.35 Å². The third kappa shape index (κ3) is 6.48. The minimum atomic E-state index is -1.53. The predicted octanol–water partition coefficient (Wildman–Crippen LogP) is 4.42. The Labute approximate surface area is 197 Å². The van der Waals surface area contributed by atoms with E-state index in [9.17, 15) is 10.1 Å². The van der Waals surface area contributed by atoms with Crippen LogP contribution in [0.1, 0.15) is 37.5 Å². The fraction of sp³-hybridized carbons (Fsp3) is 0.222. The molecule has 167 valence electrons. The van der Waals surface area contributed by atoms with Gasteiger partial charge < -0.3 is 4.43 Å². The highest BCUT2D eigenvalue weighted by atomic mass is 28.3. The van der Waals surface area contributed by atoms with E-state index in [1.54, 1.807) is 12.1 Å². The molecule has 0 spiro atoms. The molecule has 0 saturated carbocycles. The molecule has 0 heterocycles. The van der Waals surface area contributed by atoms with E-state index in [2.05, 4.69) is 68.1 Å². The summed E-state index contributed by atoms with van der Waals surface area (Å²) in [7, 11) is -1.53. The number of terminal acetylenes is 1. The lowest BCUT2D eigenvalue weighted by molar-refractivity contribution is -0.384. The fourth-order valence-electron chi connectivity index (χ4n) is 3.40. The second-order valence-electron chi connectivity index (χ2n) is 8.66. The number of hydrogen-bond acceptors (Lipinski definition) is 4. The van der Waals surface area contributed by atoms with Gasteiger partial charge in [-0.05, 0) is 38.5 Å². The Morgan fingerprint density at radius 2 is 1.70 bits per heavy atom. The molecule has 5 nitrogen and oxygen atoms in total. The van der Waals surface area contributed by atoms with E-state index >= 15 is 0 Å². The zero-order valence-electron chi connectivity index (χ0n) is 19.1. The summed E-state index contributed by atoms with van der Waals surface area (Å²) in [5.74, 6) is 2.35. The second kappa shape index (κ2) is 10.9. The number of rotatable bonds is 8. The molecule has 0 aliphatic carbocycles. The molecule has 0 aliphatic rings. The molecule has 0 atom stereocenters. The number of nitrogens with zero attached hydrogens (tertiary/aromatic N) is 2. The maximum Gasteiger partial charge on any atom is 0.283 e. The maximum absolute atomic E-state index is 11.2. The standard InChI is InChI=1S/C27H27N2O3Si/c1-5-17-28-19-22-18-24(29(30)31)14-11-21(22)20-32-33(25-9-7-6-8-10-25)26-15-12-23(13-16-26)27(2,3)4/h1,6-18H,19-20H2,2-4H3. The fourth-order valence-corrected chi connectivity index (χ4v) is 5.34. The normalized spacial score (nSPS) is 11.6. The van der Waals surface area contributed by atoms with Gasteiger partial charge in [-0.1, -0.05) is 81.3 Å². The molecule has 0 fully saturated rings. The average molecular weight is 456 g/mol. The summed E-state index contributed by atoms with van der Waals surface area (Å²) in [6.07, 6.45) is 6.61. The summed E-state index contributed by atoms with van der Waals surface area (Å²) >= 11 is 0. The van der Waals surface area contributed by atoms with Crippen LogP contribution in [0.25, 0.3) is 0 Å². The lowest BCUT2D eigenvalue weighted by Crippen LogP contribution is -2.45. The summed E-state index contributed by atoms with van der Waals surface area (Å²) in [5, 5.41) is 13.5. The van der Waals surface area contributed by atoms with Crippen LogP contribution in [0.5, 0.6) is 0 Å². The smallest absolute Gasteiger partial charge is 0.283 e. The molecule has 3 aromatic rings. The first-order valence-corrected chi connectivity index (χ1v) is 12.1. The first kappa shape index (κ1) is 24.1. The van der Waals surface area contributed by atoms with Crippen LogP contribution >= 0.6 is 0 Å². The van der Waals surface area contributed by atoms with Gasteiger partial charge in [-0.2, -0.15) is 0 Å². The molecule has 0 aliphatic heterocycles. The Kier molecular flexibility index (Phi) is 7.94. The minimum absolute atomic E-state index is 0.0241. The van der Waals surface area contributed by atoms with Crippen LogP contribution in [0.15, 0.2) is 77.8 Å². The second-order valence-corrected chi connectivity index (χ2v) is 10.8. The zero-order valence-corrected chi connectivity index (χ0v) is 20.1. The third-order valence-electron chi connectivity index (χ3n) is 5.25. The van der Waals surface area contributed by atoms with Crippen molar-refractivity contribution in [3.8, 4) is 12.3 Å². The molecule has 0 unspecified atom stereocenters. The quantitative estimate of drug-likeness (QED) is 0.166. The monoisotopic (exact) mass is 455 g/mol. The number of nitro benzene ring substituents is 1. The van der Waals surface area contributed by atoms with E-state index in [-0.39, 0.29) is 17.6 Å². The molecule has 33 heavy (non-hydrogen) atoms. The van der Waals surface area contributed by atoms with E-state index in [0.717, 1.165) is 21.5 Å².